The van der Waals surface area contributed by atoms with Crippen LogP contribution in [0.25, 0.3) is 0 Å². The van der Waals surface area contributed by atoms with Crippen LogP contribution in [-0.2, 0) is 11.3 Å². The molecular weight excluding hydrogens is 379 g/mol. The van der Waals surface area contributed by atoms with Crippen LogP contribution in [0.2, 0.25) is 15.1 Å². The summed E-state index contributed by atoms with van der Waals surface area (Å²) in [4.78, 5) is 8.36. The molecule has 2 aromatic carbocycles. The number of halogens is 3. The van der Waals surface area contributed by atoms with E-state index in [1.54, 1.807) is 12.1 Å². The van der Waals surface area contributed by atoms with Gasteiger partial charge in [-0.15, -0.1) is 10.1 Å². The standard InChI is InChI=1S/C15H14Cl3NO.HNO3/c16-11-3-1-10(2-4-11)9-20-15(8-19)13-6-5-12(17)7-14(13)18;2-1(3)4/h1-7,15H,8-9,19H2;(H,2,3,4). The van der Waals surface area contributed by atoms with Gasteiger partial charge in [-0.25, -0.2) is 0 Å². The molecule has 2 aromatic rings. The first-order valence-corrected chi connectivity index (χ1v) is 7.81. The highest BCUT2D eigenvalue weighted by atomic mass is 35.5. The summed E-state index contributed by atoms with van der Waals surface area (Å²) < 4.78 is 5.83. The maximum atomic E-state index is 8.36. The smallest absolute Gasteiger partial charge is 0.291 e. The Morgan fingerprint density at radius 2 is 1.67 bits per heavy atom. The van der Waals surface area contributed by atoms with Gasteiger partial charge in [0, 0.05) is 27.2 Å². The minimum absolute atomic E-state index is 0.268. The summed E-state index contributed by atoms with van der Waals surface area (Å²) >= 11 is 17.9. The highest BCUT2D eigenvalue weighted by Crippen LogP contribution is 2.28. The van der Waals surface area contributed by atoms with Crippen LogP contribution < -0.4 is 5.73 Å². The topological polar surface area (TPSA) is 98.6 Å². The van der Waals surface area contributed by atoms with Crippen molar-refractivity contribution in [1.29, 1.82) is 0 Å². The molecule has 130 valence electrons. The van der Waals surface area contributed by atoms with Crippen molar-refractivity contribution in [3.05, 3.63) is 78.8 Å². The van der Waals surface area contributed by atoms with Gasteiger partial charge in [-0.05, 0) is 29.8 Å². The Labute approximate surface area is 153 Å². The zero-order chi connectivity index (χ0) is 18.1. The molecule has 0 saturated carbocycles. The van der Waals surface area contributed by atoms with E-state index in [9.17, 15) is 0 Å². The lowest BCUT2D eigenvalue weighted by Gasteiger charge is -2.18. The van der Waals surface area contributed by atoms with E-state index >= 15 is 0 Å². The second-order valence-electron chi connectivity index (χ2n) is 4.57. The molecule has 1 unspecified atom stereocenters. The molecule has 3 N–H and O–H groups in total. The van der Waals surface area contributed by atoms with E-state index in [0.29, 0.717) is 28.2 Å². The van der Waals surface area contributed by atoms with E-state index in [1.807, 2.05) is 30.3 Å². The van der Waals surface area contributed by atoms with Crippen LogP contribution in [0.3, 0.4) is 0 Å². The van der Waals surface area contributed by atoms with Gasteiger partial charge >= 0.3 is 0 Å². The van der Waals surface area contributed by atoms with E-state index in [-0.39, 0.29) is 6.10 Å². The summed E-state index contributed by atoms with van der Waals surface area (Å²) in [7, 11) is 0. The average molecular weight is 394 g/mol. The fourth-order valence-electron chi connectivity index (χ4n) is 1.82. The van der Waals surface area contributed by atoms with Gasteiger partial charge in [-0.2, -0.15) is 0 Å². The Morgan fingerprint density at radius 3 is 2.17 bits per heavy atom. The van der Waals surface area contributed by atoms with E-state index in [0.717, 1.165) is 11.1 Å². The zero-order valence-corrected chi connectivity index (χ0v) is 14.6. The number of hydrogen-bond donors (Lipinski definition) is 2. The first kappa shape index (κ1) is 20.5. The van der Waals surface area contributed by atoms with E-state index in [2.05, 4.69) is 0 Å². The van der Waals surface area contributed by atoms with Crippen molar-refractivity contribution in [2.24, 2.45) is 5.73 Å². The van der Waals surface area contributed by atoms with Crippen LogP contribution in [0.1, 0.15) is 17.2 Å². The Hall–Kier alpha value is -1.57. The third-order valence-corrected chi connectivity index (χ3v) is 3.70. The molecule has 0 bridgehead atoms. The van der Waals surface area contributed by atoms with E-state index in [4.69, 9.17) is 60.6 Å². The monoisotopic (exact) mass is 392 g/mol. The molecule has 0 aliphatic carbocycles. The first-order chi connectivity index (χ1) is 11.3. The Morgan fingerprint density at radius 1 is 1.12 bits per heavy atom. The van der Waals surface area contributed by atoms with E-state index in [1.165, 1.54) is 0 Å². The van der Waals surface area contributed by atoms with Crippen molar-refractivity contribution in [2.75, 3.05) is 6.54 Å². The Kier molecular flexibility index (Phi) is 8.81. The maximum absolute atomic E-state index is 8.36. The molecule has 0 aromatic heterocycles. The predicted octanol–water partition coefficient (Wildman–Crippen LogP) is 4.52. The Balaban J connectivity index is 0.000000648. The fraction of sp³-hybridized carbons (Fsp3) is 0.200. The van der Waals surface area contributed by atoms with Crippen LogP contribution >= 0.6 is 34.8 Å². The van der Waals surface area contributed by atoms with Gasteiger partial charge in [0.25, 0.3) is 5.09 Å². The van der Waals surface area contributed by atoms with Crippen molar-refractivity contribution in [1.82, 2.24) is 0 Å². The summed E-state index contributed by atoms with van der Waals surface area (Å²) in [5.41, 5.74) is 7.63. The highest BCUT2D eigenvalue weighted by Gasteiger charge is 2.14. The SMILES string of the molecule is NCC(OCc1ccc(Cl)cc1)c1ccc(Cl)cc1Cl.O=[N+]([O-])O. The first-order valence-electron chi connectivity index (χ1n) is 6.67. The molecule has 0 amide bonds. The minimum Gasteiger partial charge on any atom is -0.367 e. The minimum atomic E-state index is -1.50. The molecule has 9 heteroatoms. The van der Waals surface area contributed by atoms with Crippen LogP contribution in [-0.4, -0.2) is 16.8 Å². The molecule has 2 rings (SSSR count). The molecule has 0 aliphatic heterocycles. The van der Waals surface area contributed by atoms with Crippen LogP contribution in [0.5, 0.6) is 0 Å². The van der Waals surface area contributed by atoms with E-state index < -0.39 is 5.09 Å². The second-order valence-corrected chi connectivity index (χ2v) is 5.85. The van der Waals surface area contributed by atoms with Gasteiger partial charge in [0.1, 0.15) is 0 Å². The Bertz CT molecular complexity index is 664. The number of nitrogens with zero attached hydrogens (tertiary/aromatic N) is 1. The largest absolute Gasteiger partial charge is 0.367 e. The molecule has 0 spiro atoms. The normalized spacial score (nSPS) is 11.3. The lowest BCUT2D eigenvalue weighted by atomic mass is 10.1. The molecule has 0 fully saturated rings. The fourth-order valence-corrected chi connectivity index (χ4v) is 2.48. The summed E-state index contributed by atoms with van der Waals surface area (Å²) in [6, 6.07) is 12.8. The lowest BCUT2D eigenvalue weighted by molar-refractivity contribution is -0.742. The van der Waals surface area contributed by atoms with Crippen LogP contribution in [0.15, 0.2) is 42.5 Å². The molecule has 1 atom stereocenters. The van der Waals surface area contributed by atoms with Crippen molar-refractivity contribution in [2.45, 2.75) is 12.7 Å². The molecule has 0 heterocycles. The molecule has 0 aliphatic rings. The van der Waals surface area contributed by atoms with Gasteiger partial charge in [-0.1, -0.05) is 53.0 Å². The lowest BCUT2D eigenvalue weighted by Crippen LogP contribution is -2.16. The molecule has 0 radical (unpaired) electrons. The molecular formula is C15H15Cl3N2O4. The van der Waals surface area contributed by atoms with Gasteiger partial charge in [0.05, 0.1) is 12.7 Å². The number of nitrogens with two attached hydrogens (primary N) is 1. The van der Waals surface area contributed by atoms with Crippen molar-refractivity contribution in [3.8, 4) is 0 Å². The quantitative estimate of drug-likeness (QED) is 0.575. The van der Waals surface area contributed by atoms with Crippen LogP contribution in [0.4, 0.5) is 0 Å². The van der Waals surface area contributed by atoms with Gasteiger partial charge in [0.2, 0.25) is 0 Å². The van der Waals surface area contributed by atoms with Crippen molar-refractivity contribution >= 4 is 34.8 Å². The number of hydrogen-bond acceptors (Lipinski definition) is 4. The number of ether oxygens (including phenoxy) is 1. The molecule has 6 nitrogen and oxygen atoms in total. The van der Waals surface area contributed by atoms with Crippen molar-refractivity contribution in [3.63, 3.8) is 0 Å². The summed E-state index contributed by atoms with van der Waals surface area (Å²) in [5, 5.41) is 15.5. The zero-order valence-electron chi connectivity index (χ0n) is 12.4. The summed E-state index contributed by atoms with van der Waals surface area (Å²) in [6.07, 6.45) is -0.268. The molecule has 24 heavy (non-hydrogen) atoms. The van der Waals surface area contributed by atoms with Crippen LogP contribution in [0, 0.1) is 10.1 Å². The van der Waals surface area contributed by atoms with Gasteiger partial charge < -0.3 is 15.7 Å². The number of benzene rings is 2. The molecule has 0 saturated heterocycles. The summed E-state index contributed by atoms with van der Waals surface area (Å²) in [5.74, 6) is 0. The maximum Gasteiger partial charge on any atom is 0.291 e. The third-order valence-electron chi connectivity index (χ3n) is 2.89. The second kappa shape index (κ2) is 10.3. The van der Waals surface area contributed by atoms with Crippen molar-refractivity contribution < 1.29 is 15.0 Å². The average Bonchev–Trinajstić information content (AvgIpc) is 2.50. The predicted molar refractivity (Wildman–Crippen MR) is 93.3 cm³/mol. The van der Waals surface area contributed by atoms with Gasteiger partial charge in [-0.3, -0.25) is 0 Å². The van der Waals surface area contributed by atoms with Gasteiger partial charge in [0.15, 0.2) is 0 Å². The third kappa shape index (κ3) is 7.33. The summed E-state index contributed by atoms with van der Waals surface area (Å²) in [6.45, 7) is 0.785. The highest BCUT2D eigenvalue weighted by molar-refractivity contribution is 6.35. The number of rotatable bonds is 5.